The number of hydrazine groups is 1. The van der Waals surface area contributed by atoms with Crippen LogP contribution < -0.4 is 0 Å². The van der Waals surface area contributed by atoms with Gasteiger partial charge in [-0.05, 0) is 34.6 Å². The Balaban J connectivity index is 4.61. The third-order valence-corrected chi connectivity index (χ3v) is 2.62. The predicted molar refractivity (Wildman–Crippen MR) is 61.4 cm³/mol. The Morgan fingerprint density at radius 2 is 1.81 bits per heavy atom. The maximum Gasteiger partial charge on any atom is 0.343 e. The van der Waals surface area contributed by atoms with Gasteiger partial charge < -0.3 is 4.89 Å². The van der Waals surface area contributed by atoms with Crippen LogP contribution in [0.1, 0.15) is 34.6 Å². The normalized spacial score (nSPS) is 13.2. The van der Waals surface area contributed by atoms with E-state index in [1.165, 1.54) is 0 Å². The van der Waals surface area contributed by atoms with E-state index in [0.717, 1.165) is 4.78 Å². The molecule has 0 aliphatic carbocycles. The third-order valence-electron chi connectivity index (χ3n) is 1.77. The van der Waals surface area contributed by atoms with Crippen LogP contribution in [-0.4, -0.2) is 33.4 Å². The molecular weight excluding hydrogens is 229 g/mol. The predicted octanol–water partition coefficient (Wildman–Crippen LogP) is 1.99. The van der Waals surface area contributed by atoms with Crippen LogP contribution in [0.4, 0.5) is 0 Å². The van der Waals surface area contributed by atoms with Gasteiger partial charge in [0.15, 0.2) is 0 Å². The first-order chi connectivity index (χ1) is 7.45. The minimum absolute atomic E-state index is 0.0852. The van der Waals surface area contributed by atoms with Gasteiger partial charge in [0.05, 0.1) is 6.61 Å². The van der Waals surface area contributed by atoms with E-state index in [0.29, 0.717) is 6.61 Å². The molecule has 0 aromatic carbocycles. The largest absolute Gasteiger partial charge is 0.343 e. The topological polar surface area (TPSA) is 69.0 Å². The second-order valence-electron chi connectivity index (χ2n) is 3.69. The zero-order valence-electron chi connectivity index (χ0n) is 10.4. The van der Waals surface area contributed by atoms with Crippen LogP contribution in [0.5, 0.6) is 0 Å². The van der Waals surface area contributed by atoms with E-state index >= 15 is 0 Å². The molecule has 0 aliphatic heterocycles. The molecule has 0 fully saturated rings. The van der Waals surface area contributed by atoms with Gasteiger partial charge in [0.2, 0.25) is 6.19 Å². The van der Waals surface area contributed by atoms with Crippen molar-refractivity contribution in [3.8, 4) is 6.19 Å². The zero-order valence-corrected chi connectivity index (χ0v) is 11.3. The van der Waals surface area contributed by atoms with Crippen LogP contribution in [0.15, 0.2) is 0 Å². The van der Waals surface area contributed by atoms with Crippen molar-refractivity contribution in [2.24, 2.45) is 0 Å². The Bertz CT molecular complexity index is 225. The summed E-state index contributed by atoms with van der Waals surface area (Å²) in [4.78, 5) is 14.3. The fraction of sp³-hybridized carbons (Fsp3) is 0.889. The lowest BCUT2D eigenvalue weighted by Gasteiger charge is -2.37. The van der Waals surface area contributed by atoms with E-state index in [1.54, 1.807) is 11.9 Å². The molecule has 0 radical (unpaired) electrons. The van der Waals surface area contributed by atoms with Crippen LogP contribution in [0, 0.1) is 11.5 Å². The SMILES string of the molecule is CCOOP(O)N(C#N)N(C(C)C)C(C)C. The van der Waals surface area contributed by atoms with Crippen LogP contribution in [0.3, 0.4) is 0 Å². The van der Waals surface area contributed by atoms with Crippen LogP contribution in [0.2, 0.25) is 0 Å². The van der Waals surface area contributed by atoms with E-state index < -0.39 is 8.53 Å². The maximum atomic E-state index is 9.69. The van der Waals surface area contributed by atoms with Gasteiger partial charge in [0.25, 0.3) is 0 Å². The first-order valence-corrected chi connectivity index (χ1v) is 6.38. The molecule has 0 heterocycles. The molecule has 94 valence electrons. The summed E-state index contributed by atoms with van der Waals surface area (Å²) < 4.78 is 5.83. The van der Waals surface area contributed by atoms with Crippen molar-refractivity contribution >= 4 is 8.53 Å². The zero-order chi connectivity index (χ0) is 12.7. The summed E-state index contributed by atoms with van der Waals surface area (Å²) in [6, 6.07) is 0.170. The third kappa shape index (κ3) is 4.60. The Morgan fingerprint density at radius 3 is 2.12 bits per heavy atom. The number of nitrogens with zero attached hydrogens (tertiary/aromatic N) is 3. The van der Waals surface area contributed by atoms with Gasteiger partial charge in [-0.15, -0.1) is 0 Å². The lowest BCUT2D eigenvalue weighted by Crippen LogP contribution is -2.45. The Hall–Kier alpha value is -0.440. The van der Waals surface area contributed by atoms with Crippen molar-refractivity contribution < 1.29 is 14.5 Å². The van der Waals surface area contributed by atoms with Gasteiger partial charge in [-0.1, -0.05) is 0 Å². The summed E-state index contributed by atoms with van der Waals surface area (Å²) in [7, 11) is -2.08. The molecule has 0 aromatic rings. The highest BCUT2D eigenvalue weighted by Crippen LogP contribution is 2.39. The highest BCUT2D eigenvalue weighted by Gasteiger charge is 2.29. The standard InChI is InChI=1S/C9H20N3O3P/c1-6-14-15-16(13)11(7-10)12(8(2)3)9(4)5/h8-9,13H,6H2,1-5H3. The minimum Gasteiger partial charge on any atom is -0.330 e. The van der Waals surface area contributed by atoms with E-state index in [2.05, 4.69) is 4.89 Å². The number of hydrogen-bond donors (Lipinski definition) is 1. The lowest BCUT2D eigenvalue weighted by molar-refractivity contribution is -0.210. The number of rotatable bonds is 7. The number of nitriles is 1. The van der Waals surface area contributed by atoms with Gasteiger partial charge in [-0.25, -0.2) is 4.89 Å². The molecule has 7 heteroatoms. The van der Waals surface area contributed by atoms with Crippen molar-refractivity contribution in [2.45, 2.75) is 46.7 Å². The van der Waals surface area contributed by atoms with Gasteiger partial charge in [0, 0.05) is 12.1 Å². The number of hydrogen-bond acceptors (Lipinski definition) is 6. The fourth-order valence-corrected chi connectivity index (χ4v) is 2.27. The summed E-state index contributed by atoms with van der Waals surface area (Å²) in [6.45, 7) is 9.81. The van der Waals surface area contributed by atoms with E-state index in [9.17, 15) is 4.89 Å². The van der Waals surface area contributed by atoms with Crippen molar-refractivity contribution in [2.75, 3.05) is 6.61 Å². The Morgan fingerprint density at radius 1 is 1.31 bits per heavy atom. The van der Waals surface area contributed by atoms with Gasteiger partial charge >= 0.3 is 8.53 Å². The highest BCUT2D eigenvalue weighted by molar-refractivity contribution is 7.43. The van der Waals surface area contributed by atoms with Crippen molar-refractivity contribution in [3.63, 3.8) is 0 Å². The summed E-state index contributed by atoms with van der Waals surface area (Å²) in [6.07, 6.45) is 1.91. The van der Waals surface area contributed by atoms with Gasteiger partial charge in [0.1, 0.15) is 0 Å². The molecule has 0 aliphatic rings. The average Bonchev–Trinajstić information content (AvgIpc) is 2.20. The monoisotopic (exact) mass is 249 g/mol. The quantitative estimate of drug-likeness (QED) is 0.245. The Labute approximate surface area is 98.2 Å². The van der Waals surface area contributed by atoms with E-state index in [1.807, 2.05) is 33.9 Å². The molecule has 0 saturated heterocycles. The van der Waals surface area contributed by atoms with Crippen LogP contribution in [-0.2, 0) is 9.56 Å². The van der Waals surface area contributed by atoms with E-state index in [4.69, 9.17) is 9.94 Å². The smallest absolute Gasteiger partial charge is 0.330 e. The summed E-state index contributed by atoms with van der Waals surface area (Å²) >= 11 is 0. The molecule has 16 heavy (non-hydrogen) atoms. The first-order valence-electron chi connectivity index (χ1n) is 5.22. The molecule has 0 rings (SSSR count). The first kappa shape index (κ1) is 15.6. The molecule has 1 unspecified atom stereocenters. The molecule has 0 spiro atoms. The summed E-state index contributed by atoms with van der Waals surface area (Å²) in [5.41, 5.74) is 0. The highest BCUT2D eigenvalue weighted by atomic mass is 31.2. The van der Waals surface area contributed by atoms with Gasteiger partial charge in [-0.3, -0.25) is 0 Å². The molecule has 0 amide bonds. The second-order valence-corrected chi connectivity index (χ2v) is 4.72. The molecule has 0 aromatic heterocycles. The van der Waals surface area contributed by atoms with E-state index in [-0.39, 0.29) is 12.1 Å². The van der Waals surface area contributed by atoms with Gasteiger partial charge in [-0.2, -0.15) is 19.7 Å². The summed E-state index contributed by atoms with van der Waals surface area (Å²) in [5, 5.41) is 10.8. The Kier molecular flexibility index (Phi) is 7.56. The van der Waals surface area contributed by atoms with Crippen molar-refractivity contribution in [1.29, 1.82) is 5.26 Å². The lowest BCUT2D eigenvalue weighted by atomic mass is 10.3. The van der Waals surface area contributed by atoms with Crippen molar-refractivity contribution in [1.82, 2.24) is 9.79 Å². The molecule has 1 atom stereocenters. The second kappa shape index (κ2) is 7.77. The molecule has 1 N–H and O–H groups in total. The molecule has 6 nitrogen and oxygen atoms in total. The average molecular weight is 249 g/mol. The van der Waals surface area contributed by atoms with Crippen LogP contribution >= 0.6 is 8.53 Å². The minimum atomic E-state index is -2.08. The summed E-state index contributed by atoms with van der Waals surface area (Å²) in [5.74, 6) is 0. The maximum absolute atomic E-state index is 9.69. The molecule has 0 bridgehead atoms. The fourth-order valence-electron chi connectivity index (χ4n) is 1.34. The molecule has 0 saturated carbocycles. The van der Waals surface area contributed by atoms with Crippen LogP contribution in [0.25, 0.3) is 0 Å². The van der Waals surface area contributed by atoms with Crippen molar-refractivity contribution in [3.05, 3.63) is 0 Å². The molecular formula is C9H20N3O3P.